The van der Waals surface area contributed by atoms with E-state index in [0.29, 0.717) is 25.7 Å². The van der Waals surface area contributed by atoms with Crippen LogP contribution in [0.2, 0.25) is 5.02 Å². The molecular weight excluding hydrogens is 461 g/mol. The van der Waals surface area contributed by atoms with Gasteiger partial charge < -0.3 is 20.5 Å². The SMILES string of the molecule is CO[C@@H]1C[C@@H](C(=O)N[C@H](c2c(F)c(O)cc(Cl)c2F)C23CCC(F)(CC2)C3)C[C@@H]1NC(C)=O. The molecule has 0 saturated heterocycles. The zero-order valence-electron chi connectivity index (χ0n) is 18.5. The number of phenolic OH excluding ortho intramolecular Hbond substituents is 1. The molecule has 2 amide bonds. The van der Waals surface area contributed by atoms with E-state index in [-0.39, 0.29) is 37.3 Å². The Bertz CT molecular complexity index is 941. The van der Waals surface area contributed by atoms with Crippen LogP contribution in [0.15, 0.2) is 6.07 Å². The van der Waals surface area contributed by atoms with Gasteiger partial charge in [-0.1, -0.05) is 11.6 Å². The second kappa shape index (κ2) is 8.65. The minimum atomic E-state index is -1.43. The first-order valence-corrected chi connectivity index (χ1v) is 11.5. The lowest BCUT2D eigenvalue weighted by Crippen LogP contribution is -2.43. The standard InChI is InChI=1S/C23H28ClF3N2O4/c1-11(30)28-14-7-12(8-16(14)33-2)21(32)29-20(22-3-5-23(27,10-22)6-4-22)17-18(25)13(24)9-15(31)19(17)26/h9,12,14,16,20,31H,3-8,10H2,1-2H3,(H,28,30)(H,29,32)/t12-,14-,16+,20+,22?,23?/m0/s1. The molecule has 33 heavy (non-hydrogen) atoms. The molecule has 3 saturated carbocycles. The van der Waals surface area contributed by atoms with Gasteiger partial charge in [-0.3, -0.25) is 9.59 Å². The van der Waals surface area contributed by atoms with E-state index in [0.717, 1.165) is 6.07 Å². The van der Waals surface area contributed by atoms with Crippen LogP contribution >= 0.6 is 11.6 Å². The average Bonchev–Trinajstić information content (AvgIpc) is 3.42. The third-order valence-electron chi connectivity index (χ3n) is 7.74. The molecule has 3 aliphatic carbocycles. The third-order valence-corrected chi connectivity index (χ3v) is 8.01. The summed E-state index contributed by atoms with van der Waals surface area (Å²) in [4.78, 5) is 24.8. The van der Waals surface area contributed by atoms with Gasteiger partial charge in [0.1, 0.15) is 11.5 Å². The second-order valence-corrected chi connectivity index (χ2v) is 10.2. The average molecular weight is 489 g/mol. The first-order valence-electron chi connectivity index (χ1n) is 11.1. The van der Waals surface area contributed by atoms with Crippen LogP contribution in [0.1, 0.15) is 63.5 Å². The smallest absolute Gasteiger partial charge is 0.223 e. The molecule has 0 aromatic heterocycles. The predicted octanol–water partition coefficient (Wildman–Crippen LogP) is 4.08. The summed E-state index contributed by atoms with van der Waals surface area (Å²) >= 11 is 5.89. The highest BCUT2D eigenvalue weighted by Crippen LogP contribution is 2.64. The zero-order valence-corrected chi connectivity index (χ0v) is 19.3. The molecule has 182 valence electrons. The van der Waals surface area contributed by atoms with Gasteiger partial charge >= 0.3 is 0 Å². The highest BCUT2D eigenvalue weighted by atomic mass is 35.5. The molecule has 3 aliphatic rings. The minimum absolute atomic E-state index is 0.0665. The molecule has 4 rings (SSSR count). The molecule has 1 aromatic rings. The number of fused-ring (bicyclic) bond motifs is 2. The molecule has 1 aromatic carbocycles. The maximum Gasteiger partial charge on any atom is 0.223 e. The van der Waals surface area contributed by atoms with E-state index >= 15 is 13.2 Å². The number of nitrogens with one attached hydrogen (secondary N) is 2. The summed E-state index contributed by atoms with van der Waals surface area (Å²) in [5.74, 6) is -4.42. The molecule has 3 fully saturated rings. The summed E-state index contributed by atoms with van der Waals surface area (Å²) in [7, 11) is 1.49. The molecule has 0 aliphatic heterocycles. The topological polar surface area (TPSA) is 87.7 Å². The fraction of sp³-hybridized carbons (Fsp3) is 0.652. The van der Waals surface area contributed by atoms with Gasteiger partial charge in [0.05, 0.1) is 28.8 Å². The lowest BCUT2D eigenvalue weighted by atomic mass is 9.73. The molecule has 0 heterocycles. The van der Waals surface area contributed by atoms with Gasteiger partial charge in [0.25, 0.3) is 0 Å². The number of carbonyl (C=O) groups excluding carboxylic acids is 2. The Hall–Kier alpha value is -2.00. The summed E-state index contributed by atoms with van der Waals surface area (Å²) in [5.41, 5.74) is -2.86. The summed E-state index contributed by atoms with van der Waals surface area (Å²) in [5, 5.41) is 15.0. The minimum Gasteiger partial charge on any atom is -0.505 e. The van der Waals surface area contributed by atoms with Crippen LogP contribution in [0.5, 0.6) is 5.75 Å². The number of benzene rings is 1. The molecule has 6 nitrogen and oxygen atoms in total. The zero-order chi connectivity index (χ0) is 24.1. The van der Waals surface area contributed by atoms with Gasteiger partial charge in [0, 0.05) is 26.0 Å². The number of hydrogen-bond donors (Lipinski definition) is 3. The number of ether oxygens (including phenoxy) is 1. The van der Waals surface area contributed by atoms with Crippen LogP contribution in [0.3, 0.4) is 0 Å². The molecule has 0 radical (unpaired) electrons. The quantitative estimate of drug-likeness (QED) is 0.526. The second-order valence-electron chi connectivity index (χ2n) is 9.80. The first-order chi connectivity index (χ1) is 15.5. The van der Waals surface area contributed by atoms with Crippen molar-refractivity contribution in [3.8, 4) is 5.75 Å². The fourth-order valence-corrected chi connectivity index (χ4v) is 6.32. The van der Waals surface area contributed by atoms with Crippen LogP contribution in [0, 0.1) is 23.0 Å². The van der Waals surface area contributed by atoms with E-state index in [9.17, 15) is 14.7 Å². The van der Waals surface area contributed by atoms with E-state index in [1.807, 2.05) is 0 Å². The highest BCUT2D eigenvalue weighted by Gasteiger charge is 2.60. The molecule has 0 unspecified atom stereocenters. The lowest BCUT2D eigenvalue weighted by Gasteiger charge is -2.37. The van der Waals surface area contributed by atoms with Crippen molar-refractivity contribution in [3.05, 3.63) is 28.3 Å². The Labute approximate surface area is 195 Å². The Morgan fingerprint density at radius 3 is 2.42 bits per heavy atom. The summed E-state index contributed by atoms with van der Waals surface area (Å²) < 4.78 is 50.6. The number of hydrogen-bond acceptors (Lipinski definition) is 4. The Morgan fingerprint density at radius 2 is 1.88 bits per heavy atom. The molecule has 10 heteroatoms. The van der Waals surface area contributed by atoms with Gasteiger partial charge in [-0.25, -0.2) is 13.2 Å². The number of carbonyl (C=O) groups is 2. The lowest BCUT2D eigenvalue weighted by molar-refractivity contribution is -0.127. The van der Waals surface area contributed by atoms with Crippen molar-refractivity contribution in [1.29, 1.82) is 0 Å². The third kappa shape index (κ3) is 4.30. The highest BCUT2D eigenvalue weighted by molar-refractivity contribution is 6.31. The Kier molecular flexibility index (Phi) is 6.33. The molecular formula is C23H28ClF3N2O4. The van der Waals surface area contributed by atoms with Crippen LogP contribution in [0.25, 0.3) is 0 Å². The van der Waals surface area contributed by atoms with Crippen molar-refractivity contribution in [2.45, 2.75) is 75.7 Å². The van der Waals surface area contributed by atoms with Crippen LogP contribution in [-0.4, -0.2) is 41.8 Å². The van der Waals surface area contributed by atoms with Crippen molar-refractivity contribution in [1.82, 2.24) is 10.6 Å². The number of phenols is 1. The molecule has 0 spiro atoms. The number of amides is 2. The predicted molar refractivity (Wildman–Crippen MR) is 114 cm³/mol. The normalized spacial score (nSPS) is 33.8. The summed E-state index contributed by atoms with van der Waals surface area (Å²) in [6, 6.07) is -0.803. The molecule has 3 N–H and O–H groups in total. The van der Waals surface area contributed by atoms with E-state index in [1.165, 1.54) is 14.0 Å². The van der Waals surface area contributed by atoms with Crippen molar-refractivity contribution in [2.24, 2.45) is 11.3 Å². The van der Waals surface area contributed by atoms with E-state index < -0.39 is 56.9 Å². The van der Waals surface area contributed by atoms with Crippen molar-refractivity contribution < 1.29 is 32.6 Å². The van der Waals surface area contributed by atoms with Gasteiger partial charge in [-0.15, -0.1) is 0 Å². The van der Waals surface area contributed by atoms with Gasteiger partial charge in [0.15, 0.2) is 11.6 Å². The van der Waals surface area contributed by atoms with E-state index in [1.54, 1.807) is 0 Å². The number of halogens is 4. The molecule has 4 atom stereocenters. The summed E-state index contributed by atoms with van der Waals surface area (Å²) in [6.45, 7) is 1.37. The number of aromatic hydroxyl groups is 1. The van der Waals surface area contributed by atoms with Gasteiger partial charge in [-0.05, 0) is 50.4 Å². The van der Waals surface area contributed by atoms with E-state index in [4.69, 9.17) is 16.3 Å². The first kappa shape index (κ1) is 24.1. The Balaban J connectivity index is 1.67. The maximum atomic E-state index is 15.1. The number of methoxy groups -OCH3 is 1. The number of rotatable bonds is 6. The Morgan fingerprint density at radius 1 is 1.21 bits per heavy atom. The fourth-order valence-electron chi connectivity index (χ4n) is 6.11. The van der Waals surface area contributed by atoms with Crippen molar-refractivity contribution in [2.75, 3.05) is 7.11 Å². The monoisotopic (exact) mass is 488 g/mol. The van der Waals surface area contributed by atoms with Crippen LogP contribution in [0.4, 0.5) is 13.2 Å². The molecule has 2 bridgehead atoms. The largest absolute Gasteiger partial charge is 0.505 e. The van der Waals surface area contributed by atoms with E-state index in [2.05, 4.69) is 10.6 Å². The van der Waals surface area contributed by atoms with Gasteiger partial charge in [-0.2, -0.15) is 0 Å². The maximum absolute atomic E-state index is 15.1. The van der Waals surface area contributed by atoms with Gasteiger partial charge in [0.2, 0.25) is 11.8 Å². The van der Waals surface area contributed by atoms with Crippen LogP contribution in [-0.2, 0) is 14.3 Å². The number of alkyl halides is 1. The van der Waals surface area contributed by atoms with Crippen molar-refractivity contribution in [3.63, 3.8) is 0 Å². The van der Waals surface area contributed by atoms with Crippen LogP contribution < -0.4 is 10.6 Å². The summed E-state index contributed by atoms with van der Waals surface area (Å²) in [6.07, 6.45) is 1.47. The van der Waals surface area contributed by atoms with Crippen molar-refractivity contribution >= 4 is 23.4 Å².